The number of rotatable bonds is 4. The fourth-order valence-corrected chi connectivity index (χ4v) is 2.55. The van der Waals surface area contributed by atoms with E-state index >= 15 is 0 Å². The van der Waals surface area contributed by atoms with Gasteiger partial charge in [-0.3, -0.25) is 10.1 Å². The first kappa shape index (κ1) is 15.4. The zero-order valence-corrected chi connectivity index (χ0v) is 12.2. The summed E-state index contributed by atoms with van der Waals surface area (Å²) in [4.78, 5) is 10.9. The third-order valence-electron chi connectivity index (χ3n) is 3.28. The van der Waals surface area contributed by atoms with Gasteiger partial charge in [0.25, 0.3) is 5.69 Å². The summed E-state index contributed by atoms with van der Waals surface area (Å²) >= 11 is 6.07. The van der Waals surface area contributed by atoms with Crippen molar-refractivity contribution in [1.82, 2.24) is 0 Å². The Labute approximate surface area is 126 Å². The second-order valence-corrected chi connectivity index (χ2v) is 5.08. The Hall–Kier alpha value is -1.98. The van der Waals surface area contributed by atoms with Crippen LogP contribution in [-0.2, 0) is 6.42 Å². The van der Waals surface area contributed by atoms with E-state index in [4.69, 9.17) is 17.3 Å². The van der Waals surface area contributed by atoms with E-state index < -0.39 is 10.7 Å². The molecule has 0 aliphatic rings. The quantitative estimate of drug-likeness (QED) is 0.688. The number of halogens is 2. The monoisotopic (exact) mass is 308 g/mol. The average Bonchev–Trinajstić information content (AvgIpc) is 2.42. The minimum Gasteiger partial charge on any atom is -0.330 e. The van der Waals surface area contributed by atoms with Gasteiger partial charge in [-0.05, 0) is 49.2 Å². The summed E-state index contributed by atoms with van der Waals surface area (Å²) in [7, 11) is 0. The highest BCUT2D eigenvalue weighted by Crippen LogP contribution is 2.39. The van der Waals surface area contributed by atoms with Gasteiger partial charge in [0.2, 0.25) is 0 Å². The fraction of sp³-hybridized carbons (Fsp3) is 0.200. The van der Waals surface area contributed by atoms with Crippen molar-refractivity contribution in [2.45, 2.75) is 13.3 Å². The Morgan fingerprint density at radius 3 is 2.67 bits per heavy atom. The number of nitrogens with zero attached hydrogens (tertiary/aromatic N) is 1. The average molecular weight is 309 g/mol. The lowest BCUT2D eigenvalue weighted by Gasteiger charge is -2.13. The summed E-state index contributed by atoms with van der Waals surface area (Å²) in [6.45, 7) is 1.90. The van der Waals surface area contributed by atoms with E-state index in [0.29, 0.717) is 40.2 Å². The number of nitro groups is 1. The molecule has 2 N–H and O–H groups in total. The molecule has 0 fully saturated rings. The first-order valence-corrected chi connectivity index (χ1v) is 6.76. The molecule has 110 valence electrons. The maximum Gasteiger partial charge on any atom is 0.281 e. The van der Waals surface area contributed by atoms with E-state index in [0.717, 1.165) is 0 Å². The van der Waals surface area contributed by atoms with Crippen molar-refractivity contribution in [1.29, 1.82) is 0 Å². The van der Waals surface area contributed by atoms with Crippen LogP contribution < -0.4 is 5.73 Å². The van der Waals surface area contributed by atoms with Gasteiger partial charge >= 0.3 is 0 Å². The van der Waals surface area contributed by atoms with Crippen LogP contribution in [0.1, 0.15) is 11.1 Å². The van der Waals surface area contributed by atoms with E-state index in [1.54, 1.807) is 19.1 Å². The minimum atomic E-state index is -0.485. The van der Waals surface area contributed by atoms with Crippen LogP contribution in [0.2, 0.25) is 5.02 Å². The van der Waals surface area contributed by atoms with Gasteiger partial charge in [0.15, 0.2) is 0 Å². The SMILES string of the molecule is Cc1c(Cl)cc(CCN)c(-c2cccc(F)c2)c1[N+](=O)[O-]. The molecule has 2 rings (SSSR count). The highest BCUT2D eigenvalue weighted by atomic mass is 35.5. The molecule has 2 aromatic carbocycles. The maximum absolute atomic E-state index is 13.5. The lowest BCUT2D eigenvalue weighted by molar-refractivity contribution is -0.384. The van der Waals surface area contributed by atoms with Gasteiger partial charge in [-0.2, -0.15) is 0 Å². The fourth-order valence-electron chi connectivity index (χ4n) is 2.33. The molecular weight excluding hydrogens is 295 g/mol. The van der Waals surface area contributed by atoms with Gasteiger partial charge in [-0.1, -0.05) is 23.7 Å². The lowest BCUT2D eigenvalue weighted by atomic mass is 9.93. The molecule has 0 spiro atoms. The van der Waals surface area contributed by atoms with Gasteiger partial charge in [-0.15, -0.1) is 0 Å². The molecule has 0 unspecified atom stereocenters. The number of nitrogens with two attached hydrogens (primary N) is 1. The third kappa shape index (κ3) is 3.04. The molecule has 0 heterocycles. The summed E-state index contributed by atoms with van der Waals surface area (Å²) in [5.41, 5.74) is 7.30. The van der Waals surface area contributed by atoms with Crippen LogP contribution in [0.3, 0.4) is 0 Å². The van der Waals surface area contributed by atoms with Crippen molar-refractivity contribution in [2.24, 2.45) is 5.73 Å². The highest BCUT2D eigenvalue weighted by Gasteiger charge is 2.24. The smallest absolute Gasteiger partial charge is 0.281 e. The summed E-state index contributed by atoms with van der Waals surface area (Å²) in [6, 6.07) is 7.39. The van der Waals surface area contributed by atoms with Crippen molar-refractivity contribution in [2.75, 3.05) is 6.54 Å². The van der Waals surface area contributed by atoms with Crippen LogP contribution in [0, 0.1) is 22.9 Å². The first-order chi connectivity index (χ1) is 9.95. The summed E-state index contributed by atoms with van der Waals surface area (Å²) in [6.07, 6.45) is 0.423. The Bertz CT molecular complexity index is 704. The molecule has 0 bridgehead atoms. The number of hydrogen-bond acceptors (Lipinski definition) is 3. The van der Waals surface area contributed by atoms with E-state index in [1.165, 1.54) is 18.2 Å². The zero-order valence-electron chi connectivity index (χ0n) is 11.4. The number of hydrogen-bond donors (Lipinski definition) is 1. The molecule has 0 aromatic heterocycles. The van der Waals surface area contributed by atoms with Gasteiger partial charge in [0, 0.05) is 5.56 Å². The molecule has 0 radical (unpaired) electrons. The largest absolute Gasteiger partial charge is 0.330 e. The summed E-state index contributed by atoms with van der Waals surface area (Å²) in [5.74, 6) is -0.451. The lowest BCUT2D eigenvalue weighted by Crippen LogP contribution is -2.07. The molecule has 0 aliphatic heterocycles. The molecule has 0 atom stereocenters. The van der Waals surface area contributed by atoms with Crippen molar-refractivity contribution in [3.8, 4) is 11.1 Å². The number of nitro benzene ring substituents is 1. The molecule has 6 heteroatoms. The van der Waals surface area contributed by atoms with E-state index in [2.05, 4.69) is 0 Å². The van der Waals surface area contributed by atoms with Crippen molar-refractivity contribution < 1.29 is 9.31 Å². The second kappa shape index (κ2) is 6.20. The predicted octanol–water partition coefficient (Wildman–Crippen LogP) is 3.86. The van der Waals surface area contributed by atoms with Crippen molar-refractivity contribution in [3.05, 3.63) is 62.4 Å². The molecular formula is C15H14ClFN2O2. The molecule has 0 aliphatic carbocycles. The third-order valence-corrected chi connectivity index (χ3v) is 3.67. The van der Waals surface area contributed by atoms with Crippen LogP contribution in [0.5, 0.6) is 0 Å². The van der Waals surface area contributed by atoms with Gasteiger partial charge in [0.1, 0.15) is 5.82 Å². The topological polar surface area (TPSA) is 69.2 Å². The normalized spacial score (nSPS) is 10.7. The van der Waals surface area contributed by atoms with Crippen molar-refractivity contribution >= 4 is 17.3 Å². The van der Waals surface area contributed by atoms with Crippen LogP contribution in [-0.4, -0.2) is 11.5 Å². The highest BCUT2D eigenvalue weighted by molar-refractivity contribution is 6.32. The Kier molecular flexibility index (Phi) is 4.55. The second-order valence-electron chi connectivity index (χ2n) is 4.67. The molecule has 4 nitrogen and oxygen atoms in total. The summed E-state index contributed by atoms with van der Waals surface area (Å²) in [5, 5.41) is 11.7. The van der Waals surface area contributed by atoms with Crippen LogP contribution in [0.15, 0.2) is 30.3 Å². The number of benzene rings is 2. The minimum absolute atomic E-state index is 0.100. The first-order valence-electron chi connectivity index (χ1n) is 6.38. The van der Waals surface area contributed by atoms with E-state index in [1.807, 2.05) is 0 Å². The van der Waals surface area contributed by atoms with Crippen molar-refractivity contribution in [3.63, 3.8) is 0 Å². The Balaban J connectivity index is 2.83. The maximum atomic E-state index is 13.5. The van der Waals surface area contributed by atoms with Crippen LogP contribution in [0.25, 0.3) is 11.1 Å². The van der Waals surface area contributed by atoms with Gasteiger partial charge in [0.05, 0.1) is 15.5 Å². The zero-order chi connectivity index (χ0) is 15.6. The molecule has 2 aromatic rings. The Morgan fingerprint density at radius 1 is 1.38 bits per heavy atom. The van der Waals surface area contributed by atoms with Crippen LogP contribution >= 0.6 is 11.6 Å². The molecule has 0 saturated heterocycles. The predicted molar refractivity (Wildman–Crippen MR) is 81.0 cm³/mol. The summed E-state index contributed by atoms with van der Waals surface area (Å²) < 4.78 is 13.5. The van der Waals surface area contributed by atoms with E-state index in [9.17, 15) is 14.5 Å². The molecule has 21 heavy (non-hydrogen) atoms. The van der Waals surface area contributed by atoms with Gasteiger partial charge < -0.3 is 5.73 Å². The van der Waals surface area contributed by atoms with Gasteiger partial charge in [-0.25, -0.2) is 4.39 Å². The van der Waals surface area contributed by atoms with E-state index in [-0.39, 0.29) is 5.69 Å². The molecule has 0 saturated carbocycles. The Morgan fingerprint density at radius 2 is 2.10 bits per heavy atom. The standard InChI is InChI=1S/C15H14ClFN2O2/c1-9-13(16)8-11(5-6-18)14(15(9)19(20)21)10-3-2-4-12(17)7-10/h2-4,7-8H,5-6,18H2,1H3. The molecule has 0 amide bonds. The van der Waals surface area contributed by atoms with Crippen LogP contribution in [0.4, 0.5) is 10.1 Å².